The van der Waals surface area contributed by atoms with Crippen LogP contribution in [0.4, 0.5) is 0 Å². The lowest BCUT2D eigenvalue weighted by molar-refractivity contribution is 0.669. The molecule has 1 aromatic heterocycles. The molecule has 0 unspecified atom stereocenters. The average molecular weight is 356 g/mol. The van der Waals surface area contributed by atoms with Crippen molar-refractivity contribution < 1.29 is 4.42 Å². The molecule has 0 amide bonds. The normalized spacial score (nSPS) is 11.3. The van der Waals surface area contributed by atoms with Crippen molar-refractivity contribution in [2.24, 2.45) is 9.98 Å². The van der Waals surface area contributed by atoms with Crippen LogP contribution in [-0.4, -0.2) is 19.1 Å². The van der Waals surface area contributed by atoms with E-state index in [0.29, 0.717) is 12.4 Å². The molecule has 0 aliphatic carbocycles. The number of fused-ring (bicyclic) bond motifs is 3. The van der Waals surface area contributed by atoms with Crippen molar-refractivity contribution in [1.29, 1.82) is 0 Å². The molecule has 0 aliphatic heterocycles. The summed E-state index contributed by atoms with van der Waals surface area (Å²) < 4.78 is 5.85. The van der Waals surface area contributed by atoms with E-state index in [4.69, 9.17) is 4.42 Å². The number of aryl methyl sites for hydroxylation is 2. The Hall–Kier alpha value is -3.20. The van der Waals surface area contributed by atoms with Crippen LogP contribution in [0.15, 0.2) is 81.1 Å². The smallest absolute Gasteiger partial charge is 0.154 e. The van der Waals surface area contributed by atoms with E-state index in [-0.39, 0.29) is 0 Å². The number of benzene rings is 3. The zero-order chi connectivity index (χ0) is 19.2. The lowest BCUT2D eigenvalue weighted by atomic mass is 10.1. The van der Waals surface area contributed by atoms with Gasteiger partial charge in [0.2, 0.25) is 0 Å². The van der Waals surface area contributed by atoms with Gasteiger partial charge in [0.05, 0.1) is 0 Å². The fourth-order valence-electron chi connectivity index (χ4n) is 2.91. The van der Waals surface area contributed by atoms with E-state index in [2.05, 4.69) is 60.9 Å². The highest BCUT2D eigenvalue weighted by atomic mass is 16.3. The molecule has 3 aromatic carbocycles. The maximum Gasteiger partial charge on any atom is 0.154 e. The average Bonchev–Trinajstić information content (AvgIpc) is 3.06. The SMILES string of the molecule is C=NC(=NCC)c1ccc2c(c1)oc1ccccc12.Cc1ccccc1C. The summed E-state index contributed by atoms with van der Waals surface area (Å²) in [4.78, 5) is 8.29. The lowest BCUT2D eigenvalue weighted by Crippen LogP contribution is -1.96. The Kier molecular flexibility index (Phi) is 5.82. The fraction of sp³-hybridized carbons (Fsp3) is 0.167. The van der Waals surface area contributed by atoms with Gasteiger partial charge in [-0.25, -0.2) is 4.99 Å². The van der Waals surface area contributed by atoms with Crippen molar-refractivity contribution in [3.8, 4) is 0 Å². The Morgan fingerprint density at radius 3 is 2.11 bits per heavy atom. The molecule has 3 nitrogen and oxygen atoms in total. The first kappa shape index (κ1) is 18.6. The van der Waals surface area contributed by atoms with Crippen LogP contribution in [0.3, 0.4) is 0 Å². The number of hydrogen-bond donors (Lipinski definition) is 0. The first-order chi connectivity index (χ1) is 13.1. The van der Waals surface area contributed by atoms with Crippen LogP contribution in [0, 0.1) is 13.8 Å². The molecule has 0 N–H and O–H groups in total. The van der Waals surface area contributed by atoms with Gasteiger partial charge >= 0.3 is 0 Å². The zero-order valence-corrected chi connectivity index (χ0v) is 16.1. The molecule has 0 aliphatic rings. The molecule has 136 valence electrons. The molecule has 1 heterocycles. The standard InChI is InChI=1S/C16H14N2O.C8H10/c1-3-18-16(17-2)11-8-9-13-12-6-4-5-7-14(12)19-15(13)10-11;1-7-5-3-4-6-8(7)2/h4-10H,2-3H2,1H3;3-6H,1-2H3. The molecule has 0 saturated carbocycles. The van der Waals surface area contributed by atoms with Crippen molar-refractivity contribution >= 4 is 34.5 Å². The second kappa shape index (κ2) is 8.45. The molecule has 0 saturated heterocycles. The predicted molar refractivity (Wildman–Crippen MR) is 116 cm³/mol. The molecule has 0 fully saturated rings. The van der Waals surface area contributed by atoms with E-state index in [9.17, 15) is 0 Å². The number of hydrogen-bond acceptors (Lipinski definition) is 2. The number of aliphatic imine (C=N–C) groups is 2. The molecule has 0 radical (unpaired) electrons. The highest BCUT2D eigenvalue weighted by Gasteiger charge is 2.08. The Morgan fingerprint density at radius 1 is 0.852 bits per heavy atom. The molecular weight excluding hydrogens is 332 g/mol. The molecule has 0 atom stereocenters. The summed E-state index contributed by atoms with van der Waals surface area (Å²) in [5.74, 6) is 0.657. The summed E-state index contributed by atoms with van der Waals surface area (Å²) in [6.45, 7) is 10.5. The van der Waals surface area contributed by atoms with Gasteiger partial charge in [0.15, 0.2) is 5.84 Å². The van der Waals surface area contributed by atoms with Gasteiger partial charge in [-0.15, -0.1) is 0 Å². The minimum Gasteiger partial charge on any atom is -0.456 e. The minimum atomic E-state index is 0.657. The second-order valence-corrected chi connectivity index (χ2v) is 6.35. The van der Waals surface area contributed by atoms with Crippen molar-refractivity contribution in [3.63, 3.8) is 0 Å². The third kappa shape index (κ3) is 4.14. The molecule has 3 heteroatoms. The quantitative estimate of drug-likeness (QED) is 0.304. The van der Waals surface area contributed by atoms with E-state index in [1.54, 1.807) is 0 Å². The van der Waals surface area contributed by atoms with E-state index >= 15 is 0 Å². The summed E-state index contributed by atoms with van der Waals surface area (Å²) in [5.41, 5.74) is 5.42. The number of amidine groups is 1. The first-order valence-electron chi connectivity index (χ1n) is 9.09. The van der Waals surface area contributed by atoms with Crippen LogP contribution in [-0.2, 0) is 0 Å². The van der Waals surface area contributed by atoms with Crippen molar-refractivity contribution in [2.45, 2.75) is 20.8 Å². The third-order valence-electron chi connectivity index (χ3n) is 4.52. The molecule has 27 heavy (non-hydrogen) atoms. The topological polar surface area (TPSA) is 37.9 Å². The number of furan rings is 1. The van der Waals surface area contributed by atoms with E-state index in [0.717, 1.165) is 27.5 Å². The van der Waals surface area contributed by atoms with Gasteiger partial charge in [0, 0.05) is 22.9 Å². The van der Waals surface area contributed by atoms with Gasteiger partial charge in [-0.05, 0) is 56.8 Å². The van der Waals surface area contributed by atoms with Gasteiger partial charge in [-0.3, -0.25) is 4.99 Å². The van der Waals surface area contributed by atoms with Crippen LogP contribution in [0.25, 0.3) is 21.9 Å². The zero-order valence-electron chi connectivity index (χ0n) is 16.1. The third-order valence-corrected chi connectivity index (χ3v) is 4.52. The monoisotopic (exact) mass is 356 g/mol. The largest absolute Gasteiger partial charge is 0.456 e. The first-order valence-corrected chi connectivity index (χ1v) is 9.09. The molecule has 0 spiro atoms. The van der Waals surface area contributed by atoms with Crippen LogP contribution in [0.2, 0.25) is 0 Å². The summed E-state index contributed by atoms with van der Waals surface area (Å²) in [6.07, 6.45) is 0. The van der Waals surface area contributed by atoms with Gasteiger partial charge in [0.1, 0.15) is 11.2 Å². The number of nitrogens with zero attached hydrogens (tertiary/aromatic N) is 2. The Labute approximate surface area is 160 Å². The van der Waals surface area contributed by atoms with Gasteiger partial charge in [-0.1, -0.05) is 48.5 Å². The summed E-state index contributed by atoms with van der Waals surface area (Å²) >= 11 is 0. The van der Waals surface area contributed by atoms with Crippen LogP contribution >= 0.6 is 0 Å². The van der Waals surface area contributed by atoms with Crippen molar-refractivity contribution in [1.82, 2.24) is 0 Å². The second-order valence-electron chi connectivity index (χ2n) is 6.35. The van der Waals surface area contributed by atoms with Crippen LogP contribution in [0.1, 0.15) is 23.6 Å². The minimum absolute atomic E-state index is 0.657. The van der Waals surface area contributed by atoms with Crippen molar-refractivity contribution in [2.75, 3.05) is 6.54 Å². The Bertz CT molecular complexity index is 1080. The fourth-order valence-corrected chi connectivity index (χ4v) is 2.91. The predicted octanol–water partition coefficient (Wildman–Crippen LogP) is 6.36. The molecule has 4 aromatic rings. The summed E-state index contributed by atoms with van der Waals surface area (Å²) in [5, 5.41) is 2.24. The lowest BCUT2D eigenvalue weighted by Gasteiger charge is -1.99. The van der Waals surface area contributed by atoms with E-state index in [1.807, 2.05) is 43.3 Å². The van der Waals surface area contributed by atoms with Crippen molar-refractivity contribution in [3.05, 3.63) is 83.4 Å². The number of rotatable bonds is 2. The molecule has 4 rings (SSSR count). The highest BCUT2D eigenvalue weighted by Crippen LogP contribution is 2.29. The van der Waals surface area contributed by atoms with Gasteiger partial charge in [-0.2, -0.15) is 0 Å². The Morgan fingerprint density at radius 2 is 1.48 bits per heavy atom. The maximum atomic E-state index is 5.85. The molecule has 0 bridgehead atoms. The van der Waals surface area contributed by atoms with E-state index < -0.39 is 0 Å². The summed E-state index contributed by atoms with van der Waals surface area (Å²) in [7, 11) is 0. The van der Waals surface area contributed by atoms with Crippen LogP contribution in [0.5, 0.6) is 0 Å². The van der Waals surface area contributed by atoms with Gasteiger partial charge < -0.3 is 4.42 Å². The summed E-state index contributed by atoms with van der Waals surface area (Å²) in [6, 6.07) is 22.4. The number of para-hydroxylation sites is 1. The molecular formula is C24H24N2O. The van der Waals surface area contributed by atoms with E-state index in [1.165, 1.54) is 11.1 Å². The van der Waals surface area contributed by atoms with Crippen LogP contribution < -0.4 is 0 Å². The highest BCUT2D eigenvalue weighted by molar-refractivity contribution is 6.09. The van der Waals surface area contributed by atoms with Gasteiger partial charge in [0.25, 0.3) is 0 Å². The Balaban J connectivity index is 0.000000221. The maximum absolute atomic E-state index is 5.85.